The van der Waals surface area contributed by atoms with Crippen LogP contribution in [0.25, 0.3) is 0 Å². The van der Waals surface area contributed by atoms with E-state index in [1.165, 1.54) is 30.7 Å². The van der Waals surface area contributed by atoms with E-state index in [1.807, 2.05) is 66.4 Å². The summed E-state index contributed by atoms with van der Waals surface area (Å²) in [4.78, 5) is 41.6. The first-order valence-electron chi connectivity index (χ1n) is 13.5. The van der Waals surface area contributed by atoms with E-state index in [-0.39, 0.29) is 29.6 Å². The normalized spacial score (nSPS) is 16.5. The van der Waals surface area contributed by atoms with Crippen LogP contribution < -0.4 is 9.80 Å². The van der Waals surface area contributed by atoms with Gasteiger partial charge in [0.2, 0.25) is 5.91 Å². The van der Waals surface area contributed by atoms with Crippen molar-refractivity contribution in [2.24, 2.45) is 0 Å². The molecule has 38 heavy (non-hydrogen) atoms. The first-order valence-corrected chi connectivity index (χ1v) is 13.5. The molecule has 0 aromatic heterocycles. The topological polar surface area (TPSA) is 83.8 Å². The summed E-state index contributed by atoms with van der Waals surface area (Å²) in [5.74, 6) is -0.123. The van der Waals surface area contributed by atoms with Crippen molar-refractivity contribution in [3.05, 3.63) is 100 Å². The number of nitro benzene ring substituents is 1. The molecule has 3 aromatic rings. The fourth-order valence-corrected chi connectivity index (χ4v) is 5.29. The van der Waals surface area contributed by atoms with E-state index in [0.717, 1.165) is 42.6 Å². The highest BCUT2D eigenvalue weighted by molar-refractivity contribution is 6.07. The van der Waals surface area contributed by atoms with Crippen molar-refractivity contribution in [3.63, 3.8) is 0 Å². The summed E-state index contributed by atoms with van der Waals surface area (Å²) in [7, 11) is 0. The van der Waals surface area contributed by atoms with Gasteiger partial charge in [0.1, 0.15) is 0 Å². The number of unbranched alkanes of at least 4 members (excludes halogenated alkanes) is 4. The van der Waals surface area contributed by atoms with Crippen LogP contribution in [0.2, 0.25) is 0 Å². The maximum Gasteiger partial charge on any atom is 0.269 e. The number of rotatable bonds is 10. The molecule has 1 aliphatic heterocycles. The van der Waals surface area contributed by atoms with Gasteiger partial charge in [0.15, 0.2) is 0 Å². The number of hydrogen-bond donors (Lipinski definition) is 0. The molecule has 2 amide bonds. The number of para-hydroxylation sites is 2. The van der Waals surface area contributed by atoms with E-state index < -0.39 is 4.92 Å². The molecule has 0 fully saturated rings. The third-order valence-electron chi connectivity index (χ3n) is 7.21. The van der Waals surface area contributed by atoms with Crippen LogP contribution in [-0.4, -0.2) is 22.8 Å². The van der Waals surface area contributed by atoms with E-state index >= 15 is 0 Å². The smallest absolute Gasteiger partial charge is 0.269 e. The van der Waals surface area contributed by atoms with Crippen LogP contribution in [0.4, 0.5) is 17.1 Å². The molecular formula is C31H35N3O4. The average molecular weight is 514 g/mol. The minimum absolute atomic E-state index is 0.0552. The molecule has 7 nitrogen and oxygen atoms in total. The van der Waals surface area contributed by atoms with Crippen LogP contribution in [0.1, 0.15) is 80.8 Å². The second-order valence-corrected chi connectivity index (χ2v) is 9.90. The highest BCUT2D eigenvalue weighted by atomic mass is 16.6. The second kappa shape index (κ2) is 12.5. The summed E-state index contributed by atoms with van der Waals surface area (Å²) >= 11 is 0. The van der Waals surface area contributed by atoms with Gasteiger partial charge in [-0.3, -0.25) is 19.7 Å². The number of nitro groups is 1. The Kier molecular flexibility index (Phi) is 8.89. The SMILES string of the molecule is CCCCCCCC(=O)N(c1ccccc1)[C@@H]1C[C@H](C)N(C(=O)c2ccc([N+](=O)[O-])cc2)c2ccccc21. The van der Waals surface area contributed by atoms with Crippen LogP contribution in [0.3, 0.4) is 0 Å². The molecule has 0 saturated heterocycles. The van der Waals surface area contributed by atoms with E-state index in [4.69, 9.17) is 0 Å². The van der Waals surface area contributed by atoms with Crippen LogP contribution in [0.15, 0.2) is 78.9 Å². The number of anilines is 2. The number of amides is 2. The van der Waals surface area contributed by atoms with Gasteiger partial charge < -0.3 is 9.80 Å². The number of fused-ring (bicyclic) bond motifs is 1. The molecule has 0 saturated carbocycles. The molecule has 0 radical (unpaired) electrons. The summed E-state index contributed by atoms with van der Waals surface area (Å²) in [5.41, 5.74) is 2.87. The lowest BCUT2D eigenvalue weighted by Crippen LogP contribution is -2.47. The summed E-state index contributed by atoms with van der Waals surface area (Å²) in [6.07, 6.45) is 6.44. The Balaban J connectivity index is 1.66. The van der Waals surface area contributed by atoms with Gasteiger partial charge in [-0.1, -0.05) is 69.0 Å². The Labute approximate surface area is 224 Å². The standard InChI is InChI=1S/C31H35N3O4/c1-3-4-5-6-10-17-30(35)33(25-13-8-7-9-14-25)29-22-23(2)32(28-16-12-11-15-27(28)29)31(36)24-18-20-26(21-19-24)34(37)38/h7-9,11-16,18-21,23,29H,3-6,10,17,22H2,1-2H3/t23-,29+/m0/s1. The molecule has 3 aromatic carbocycles. The first-order chi connectivity index (χ1) is 18.4. The van der Waals surface area contributed by atoms with Crippen molar-refractivity contribution in [1.29, 1.82) is 0 Å². The molecule has 0 unspecified atom stereocenters. The van der Waals surface area contributed by atoms with Gasteiger partial charge in [0, 0.05) is 41.5 Å². The average Bonchev–Trinajstić information content (AvgIpc) is 2.93. The predicted octanol–water partition coefficient (Wildman–Crippen LogP) is 7.47. The van der Waals surface area contributed by atoms with Gasteiger partial charge in [-0.15, -0.1) is 0 Å². The third-order valence-corrected chi connectivity index (χ3v) is 7.21. The van der Waals surface area contributed by atoms with Crippen molar-refractivity contribution in [2.75, 3.05) is 9.80 Å². The van der Waals surface area contributed by atoms with E-state index in [0.29, 0.717) is 18.4 Å². The predicted molar refractivity (Wildman–Crippen MR) is 150 cm³/mol. The summed E-state index contributed by atoms with van der Waals surface area (Å²) in [6.45, 7) is 4.17. The van der Waals surface area contributed by atoms with Crippen molar-refractivity contribution >= 4 is 28.9 Å². The molecule has 4 rings (SSSR count). The minimum Gasteiger partial charge on any atom is -0.305 e. The molecule has 7 heteroatoms. The van der Waals surface area contributed by atoms with Crippen molar-refractivity contribution < 1.29 is 14.5 Å². The number of non-ortho nitro benzene ring substituents is 1. The number of nitrogens with zero attached hydrogens (tertiary/aromatic N) is 3. The molecule has 0 spiro atoms. The lowest BCUT2D eigenvalue weighted by atomic mass is 9.89. The Morgan fingerprint density at radius 3 is 2.26 bits per heavy atom. The molecular weight excluding hydrogens is 478 g/mol. The third kappa shape index (κ3) is 5.93. The highest BCUT2D eigenvalue weighted by Crippen LogP contribution is 2.43. The molecule has 1 aliphatic rings. The lowest BCUT2D eigenvalue weighted by Gasteiger charge is -2.43. The van der Waals surface area contributed by atoms with Crippen LogP contribution in [0.5, 0.6) is 0 Å². The van der Waals surface area contributed by atoms with Crippen molar-refractivity contribution in [2.45, 2.75) is 70.9 Å². The Bertz CT molecular complexity index is 1260. The molecule has 0 aliphatic carbocycles. The van der Waals surface area contributed by atoms with Gasteiger partial charge in [0.25, 0.3) is 11.6 Å². The fraction of sp³-hybridized carbons (Fsp3) is 0.355. The van der Waals surface area contributed by atoms with Crippen LogP contribution >= 0.6 is 0 Å². The number of benzene rings is 3. The van der Waals surface area contributed by atoms with Crippen molar-refractivity contribution in [1.82, 2.24) is 0 Å². The van der Waals surface area contributed by atoms with Gasteiger partial charge in [-0.2, -0.15) is 0 Å². The maximum atomic E-state index is 13.7. The quantitative estimate of drug-likeness (QED) is 0.160. The fourth-order valence-electron chi connectivity index (χ4n) is 5.29. The zero-order valence-corrected chi connectivity index (χ0v) is 22.1. The number of hydrogen-bond acceptors (Lipinski definition) is 4. The molecule has 1 heterocycles. The second-order valence-electron chi connectivity index (χ2n) is 9.90. The zero-order valence-electron chi connectivity index (χ0n) is 22.1. The summed E-state index contributed by atoms with van der Waals surface area (Å²) in [6, 6.07) is 22.8. The first kappa shape index (κ1) is 27.0. The van der Waals surface area contributed by atoms with E-state index in [2.05, 4.69) is 6.92 Å². The van der Waals surface area contributed by atoms with E-state index in [1.54, 1.807) is 4.90 Å². The summed E-state index contributed by atoms with van der Waals surface area (Å²) < 4.78 is 0. The van der Waals surface area contributed by atoms with Gasteiger partial charge >= 0.3 is 0 Å². The van der Waals surface area contributed by atoms with Gasteiger partial charge in [0.05, 0.1) is 11.0 Å². The Morgan fingerprint density at radius 2 is 1.58 bits per heavy atom. The Hall–Kier alpha value is -4.00. The van der Waals surface area contributed by atoms with Crippen LogP contribution in [-0.2, 0) is 4.79 Å². The summed E-state index contributed by atoms with van der Waals surface area (Å²) in [5, 5.41) is 11.1. The van der Waals surface area contributed by atoms with Gasteiger partial charge in [-0.05, 0) is 55.7 Å². The molecule has 198 valence electrons. The Morgan fingerprint density at radius 1 is 0.921 bits per heavy atom. The van der Waals surface area contributed by atoms with Crippen LogP contribution in [0, 0.1) is 10.1 Å². The monoisotopic (exact) mass is 513 g/mol. The number of carbonyl (C=O) groups excluding carboxylic acids is 2. The lowest BCUT2D eigenvalue weighted by molar-refractivity contribution is -0.384. The maximum absolute atomic E-state index is 13.7. The largest absolute Gasteiger partial charge is 0.305 e. The van der Waals surface area contributed by atoms with Gasteiger partial charge in [-0.25, -0.2) is 0 Å². The zero-order chi connectivity index (χ0) is 27.1. The minimum atomic E-state index is -0.476. The highest BCUT2D eigenvalue weighted by Gasteiger charge is 2.38. The molecule has 2 atom stereocenters. The number of carbonyl (C=O) groups is 2. The molecule has 0 bridgehead atoms. The molecule has 0 N–H and O–H groups in total. The van der Waals surface area contributed by atoms with Crippen molar-refractivity contribution in [3.8, 4) is 0 Å². The van der Waals surface area contributed by atoms with E-state index in [9.17, 15) is 19.7 Å².